The number of benzene rings is 1. The van der Waals surface area contributed by atoms with Gasteiger partial charge in [0.25, 0.3) is 5.91 Å². The largest absolute Gasteiger partial charge is 0.465 e. The lowest BCUT2D eigenvalue weighted by atomic mass is 9.82. The van der Waals surface area contributed by atoms with Crippen LogP contribution < -0.4 is 10.6 Å². The van der Waals surface area contributed by atoms with Crippen molar-refractivity contribution < 1.29 is 19.8 Å². The molecule has 1 aliphatic rings. The third-order valence-electron chi connectivity index (χ3n) is 6.28. The van der Waals surface area contributed by atoms with Crippen molar-refractivity contribution in [2.45, 2.75) is 32.2 Å². The second-order valence-electron chi connectivity index (χ2n) is 8.57. The molecule has 0 aliphatic heterocycles. The normalized spacial score (nSPS) is 18.2. The van der Waals surface area contributed by atoms with Gasteiger partial charge in [-0.1, -0.05) is 18.2 Å². The number of hydrogen-bond donors (Lipinski definition) is 4. The molecule has 0 radical (unpaired) electrons. The molecule has 174 valence electrons. The van der Waals surface area contributed by atoms with Crippen molar-refractivity contribution in [3.63, 3.8) is 0 Å². The SMILES string of the molecule is O=C(O)NC[C@H]1CC[C@H](CNC(=O)c2cc(-c3cnn(CCO)c3)nc3ccccc23)CC1. The summed E-state index contributed by atoms with van der Waals surface area (Å²) in [6.45, 7) is 1.49. The van der Waals surface area contributed by atoms with Gasteiger partial charge in [0.1, 0.15) is 0 Å². The number of aromatic nitrogens is 3. The summed E-state index contributed by atoms with van der Waals surface area (Å²) in [5.74, 6) is 0.623. The molecule has 1 saturated carbocycles. The quantitative estimate of drug-likeness (QED) is 0.417. The molecule has 1 aliphatic carbocycles. The summed E-state index contributed by atoms with van der Waals surface area (Å²) in [5.41, 5.74) is 2.76. The summed E-state index contributed by atoms with van der Waals surface area (Å²) >= 11 is 0. The molecule has 1 aromatic carbocycles. The number of rotatable bonds is 8. The van der Waals surface area contributed by atoms with Crippen LogP contribution in [0, 0.1) is 11.8 Å². The number of amides is 2. The molecule has 3 aromatic rings. The number of pyridine rings is 1. The first kappa shape index (κ1) is 22.7. The van der Waals surface area contributed by atoms with Crippen molar-refractivity contribution in [2.24, 2.45) is 11.8 Å². The van der Waals surface area contributed by atoms with E-state index in [0.717, 1.165) is 42.1 Å². The number of hydrogen-bond acceptors (Lipinski definition) is 5. The third-order valence-corrected chi connectivity index (χ3v) is 6.28. The van der Waals surface area contributed by atoms with E-state index in [1.54, 1.807) is 16.9 Å². The molecule has 0 bridgehead atoms. The molecule has 0 saturated heterocycles. The number of nitrogens with zero attached hydrogens (tertiary/aromatic N) is 3. The average molecular weight is 452 g/mol. The van der Waals surface area contributed by atoms with Crippen molar-refractivity contribution in [3.05, 3.63) is 48.3 Å². The van der Waals surface area contributed by atoms with Crippen molar-refractivity contribution >= 4 is 22.9 Å². The van der Waals surface area contributed by atoms with Crippen LogP contribution in [0.5, 0.6) is 0 Å². The zero-order chi connectivity index (χ0) is 23.2. The summed E-state index contributed by atoms with van der Waals surface area (Å²) in [5, 5.41) is 28.5. The predicted octanol–water partition coefficient (Wildman–Crippen LogP) is 2.89. The minimum Gasteiger partial charge on any atom is -0.465 e. The second-order valence-corrected chi connectivity index (χ2v) is 8.57. The zero-order valence-corrected chi connectivity index (χ0v) is 18.4. The maximum atomic E-state index is 13.2. The monoisotopic (exact) mass is 451 g/mol. The van der Waals surface area contributed by atoms with Gasteiger partial charge >= 0.3 is 6.09 Å². The van der Waals surface area contributed by atoms with Crippen LogP contribution in [-0.2, 0) is 6.54 Å². The van der Waals surface area contributed by atoms with Crippen LogP contribution in [0.2, 0.25) is 0 Å². The second kappa shape index (κ2) is 10.4. The molecule has 2 heterocycles. The summed E-state index contributed by atoms with van der Waals surface area (Å²) < 4.78 is 1.65. The highest BCUT2D eigenvalue weighted by Crippen LogP contribution is 2.28. The Morgan fingerprint density at radius 1 is 1.06 bits per heavy atom. The average Bonchev–Trinajstić information content (AvgIpc) is 3.30. The van der Waals surface area contributed by atoms with Crippen LogP contribution >= 0.6 is 0 Å². The van der Waals surface area contributed by atoms with Crippen molar-refractivity contribution in [1.29, 1.82) is 0 Å². The Morgan fingerprint density at radius 3 is 2.45 bits per heavy atom. The first-order valence-corrected chi connectivity index (χ1v) is 11.3. The van der Waals surface area contributed by atoms with Gasteiger partial charge in [0.2, 0.25) is 0 Å². The number of para-hydroxylation sites is 1. The van der Waals surface area contributed by atoms with Gasteiger partial charge in [-0.25, -0.2) is 9.78 Å². The Labute approximate surface area is 191 Å². The highest BCUT2D eigenvalue weighted by Gasteiger charge is 2.23. The fraction of sp³-hybridized carbons (Fsp3) is 0.417. The smallest absolute Gasteiger partial charge is 0.404 e. The van der Waals surface area contributed by atoms with Crippen molar-refractivity contribution in [3.8, 4) is 11.3 Å². The van der Waals surface area contributed by atoms with Gasteiger partial charge in [-0.05, 0) is 49.7 Å². The van der Waals surface area contributed by atoms with E-state index in [0.29, 0.717) is 42.7 Å². The van der Waals surface area contributed by atoms with Crippen LogP contribution in [0.15, 0.2) is 42.7 Å². The van der Waals surface area contributed by atoms with Gasteiger partial charge in [-0.2, -0.15) is 5.10 Å². The highest BCUT2D eigenvalue weighted by atomic mass is 16.4. The van der Waals surface area contributed by atoms with E-state index in [1.807, 2.05) is 30.5 Å². The third kappa shape index (κ3) is 5.67. The Kier molecular flexibility index (Phi) is 7.19. The number of carbonyl (C=O) groups excluding carboxylic acids is 1. The summed E-state index contributed by atoms with van der Waals surface area (Å²) in [6, 6.07) is 9.38. The topological polar surface area (TPSA) is 129 Å². The number of carboxylic acid groups (broad SMARTS) is 1. The van der Waals surface area contributed by atoms with Crippen LogP contribution in [0.1, 0.15) is 36.0 Å². The molecule has 9 heteroatoms. The Balaban J connectivity index is 1.45. The molecule has 2 aromatic heterocycles. The summed E-state index contributed by atoms with van der Waals surface area (Å²) in [7, 11) is 0. The molecule has 1 fully saturated rings. The van der Waals surface area contributed by atoms with E-state index >= 15 is 0 Å². The summed E-state index contributed by atoms with van der Waals surface area (Å²) in [6.07, 6.45) is 6.38. The minimum absolute atomic E-state index is 0.00207. The fourth-order valence-electron chi connectivity index (χ4n) is 4.44. The van der Waals surface area contributed by atoms with E-state index in [2.05, 4.69) is 15.7 Å². The van der Waals surface area contributed by atoms with Crippen molar-refractivity contribution in [1.82, 2.24) is 25.4 Å². The molecule has 33 heavy (non-hydrogen) atoms. The lowest BCUT2D eigenvalue weighted by molar-refractivity contribution is 0.0942. The molecular formula is C24H29N5O4. The zero-order valence-electron chi connectivity index (χ0n) is 18.4. The van der Waals surface area contributed by atoms with Crippen LogP contribution in [0.25, 0.3) is 22.2 Å². The number of carbonyl (C=O) groups is 2. The molecular weight excluding hydrogens is 422 g/mol. The molecule has 4 rings (SSSR count). The molecule has 2 amide bonds. The van der Waals surface area contributed by atoms with E-state index < -0.39 is 6.09 Å². The molecule has 9 nitrogen and oxygen atoms in total. The lowest BCUT2D eigenvalue weighted by Gasteiger charge is -2.28. The number of aliphatic hydroxyl groups is 1. The van der Waals surface area contributed by atoms with Gasteiger partial charge < -0.3 is 20.8 Å². The Bertz CT molecular complexity index is 1120. The van der Waals surface area contributed by atoms with E-state index in [9.17, 15) is 9.59 Å². The van der Waals surface area contributed by atoms with Gasteiger partial charge in [-0.3, -0.25) is 9.48 Å². The van der Waals surface area contributed by atoms with E-state index in [-0.39, 0.29) is 12.5 Å². The number of nitrogens with one attached hydrogen (secondary N) is 2. The van der Waals surface area contributed by atoms with Gasteiger partial charge in [0.05, 0.1) is 36.1 Å². The van der Waals surface area contributed by atoms with Crippen LogP contribution in [-0.4, -0.2) is 56.7 Å². The highest BCUT2D eigenvalue weighted by molar-refractivity contribution is 6.07. The van der Waals surface area contributed by atoms with Crippen LogP contribution in [0.4, 0.5) is 4.79 Å². The van der Waals surface area contributed by atoms with Gasteiger partial charge in [0.15, 0.2) is 0 Å². The first-order valence-electron chi connectivity index (χ1n) is 11.3. The standard InChI is InChI=1S/C24H29N5O4/c30-10-9-29-15-18(14-27-29)22-11-20(19-3-1-2-4-21(19)28-22)23(31)25-12-16-5-7-17(8-6-16)13-26-24(32)33/h1-4,11,14-17,26,30H,5-10,12-13H2,(H,25,31)(H,32,33)/t16-,17-. The van der Waals surface area contributed by atoms with Crippen molar-refractivity contribution in [2.75, 3.05) is 19.7 Å². The van der Waals surface area contributed by atoms with E-state index in [4.69, 9.17) is 15.2 Å². The summed E-state index contributed by atoms with van der Waals surface area (Å²) in [4.78, 5) is 28.6. The Morgan fingerprint density at radius 2 is 1.76 bits per heavy atom. The molecule has 0 unspecified atom stereocenters. The Hall–Kier alpha value is -3.46. The maximum Gasteiger partial charge on any atom is 0.404 e. The fourth-order valence-corrected chi connectivity index (χ4v) is 4.44. The lowest BCUT2D eigenvalue weighted by Crippen LogP contribution is -2.34. The molecule has 0 atom stereocenters. The molecule has 0 spiro atoms. The van der Waals surface area contributed by atoms with Crippen LogP contribution in [0.3, 0.4) is 0 Å². The minimum atomic E-state index is -0.978. The number of fused-ring (bicyclic) bond motifs is 1. The predicted molar refractivity (Wildman–Crippen MR) is 124 cm³/mol. The first-order chi connectivity index (χ1) is 16.0. The van der Waals surface area contributed by atoms with Gasteiger partial charge in [0, 0.05) is 30.2 Å². The van der Waals surface area contributed by atoms with Gasteiger partial charge in [-0.15, -0.1) is 0 Å². The number of aliphatic hydroxyl groups excluding tert-OH is 1. The maximum absolute atomic E-state index is 13.2. The van der Waals surface area contributed by atoms with E-state index in [1.165, 1.54) is 0 Å². The molecule has 4 N–H and O–H groups in total.